The highest BCUT2D eigenvalue weighted by Gasteiger charge is 2.44. The van der Waals surface area contributed by atoms with Gasteiger partial charge in [0.2, 0.25) is 0 Å². The molecule has 1 unspecified atom stereocenters. The van der Waals surface area contributed by atoms with Crippen LogP contribution >= 0.6 is 11.6 Å². The molecule has 0 bridgehead atoms. The summed E-state index contributed by atoms with van der Waals surface area (Å²) in [5.74, 6) is 1.37. The molecule has 4 rings (SSSR count). The zero-order valence-electron chi connectivity index (χ0n) is 17.6. The first kappa shape index (κ1) is 21.5. The number of aliphatic imine (C=N–C) groups is 1. The molecular formula is C23H27ClN4O3. The number of amides is 1. The molecule has 1 atom stereocenters. The van der Waals surface area contributed by atoms with Gasteiger partial charge in [0.15, 0.2) is 6.61 Å². The van der Waals surface area contributed by atoms with Crippen LogP contribution in [0.5, 0.6) is 5.75 Å². The number of benzene rings is 2. The lowest BCUT2D eigenvalue weighted by Gasteiger charge is -2.47. The van der Waals surface area contributed by atoms with E-state index in [4.69, 9.17) is 26.1 Å². The molecule has 2 heterocycles. The Bertz CT molecular complexity index is 967. The van der Waals surface area contributed by atoms with Crippen molar-refractivity contribution in [3.05, 3.63) is 53.6 Å². The highest BCUT2D eigenvalue weighted by atomic mass is 35.5. The molecular weight excluding hydrogens is 416 g/mol. The molecule has 8 heteroatoms. The second kappa shape index (κ2) is 9.58. The van der Waals surface area contributed by atoms with Gasteiger partial charge in [-0.05, 0) is 43.2 Å². The highest BCUT2D eigenvalue weighted by Crippen LogP contribution is 2.36. The minimum Gasteiger partial charge on any atom is -0.484 e. The van der Waals surface area contributed by atoms with Crippen molar-refractivity contribution in [3.8, 4) is 5.75 Å². The predicted octanol–water partition coefficient (Wildman–Crippen LogP) is 3.66. The first-order valence-corrected chi connectivity index (χ1v) is 10.8. The van der Waals surface area contributed by atoms with Gasteiger partial charge in [0, 0.05) is 18.7 Å². The van der Waals surface area contributed by atoms with Gasteiger partial charge < -0.3 is 25.0 Å². The fourth-order valence-electron chi connectivity index (χ4n) is 4.06. The quantitative estimate of drug-likeness (QED) is 0.668. The van der Waals surface area contributed by atoms with Crippen LogP contribution in [-0.2, 0) is 9.53 Å². The van der Waals surface area contributed by atoms with E-state index in [1.807, 2.05) is 29.2 Å². The standard InChI is InChI=1S/C23H27ClN4O3/c1-30-13-11-25-22-23(27-20-9-3-2-8-19(20)26-22)10-5-12-28(16-23)21(29)15-31-18-7-4-6-17(24)14-18/h2-4,6-9,14,27H,5,10-13,15-16H2,1H3,(H,25,26). The van der Waals surface area contributed by atoms with Crippen LogP contribution in [0.15, 0.2) is 53.5 Å². The van der Waals surface area contributed by atoms with Crippen molar-refractivity contribution in [1.29, 1.82) is 0 Å². The molecule has 1 spiro atoms. The van der Waals surface area contributed by atoms with Crippen molar-refractivity contribution < 1.29 is 14.3 Å². The second-order valence-corrected chi connectivity index (χ2v) is 8.20. The SMILES string of the molecule is COCCN=C1Nc2ccccc2NC12CCCN(C(=O)COc1cccc(Cl)c1)C2. The van der Waals surface area contributed by atoms with E-state index in [2.05, 4.69) is 10.6 Å². The Balaban J connectivity index is 1.50. The van der Waals surface area contributed by atoms with E-state index in [1.165, 1.54) is 0 Å². The zero-order valence-corrected chi connectivity index (χ0v) is 18.3. The number of halogens is 1. The molecule has 1 amide bonds. The molecule has 164 valence electrons. The van der Waals surface area contributed by atoms with Gasteiger partial charge in [-0.3, -0.25) is 9.79 Å². The van der Waals surface area contributed by atoms with Crippen molar-refractivity contribution in [3.63, 3.8) is 0 Å². The number of piperidine rings is 1. The Morgan fingerprint density at radius 2 is 2.06 bits per heavy atom. The number of carbonyl (C=O) groups is 1. The van der Waals surface area contributed by atoms with E-state index >= 15 is 0 Å². The topological polar surface area (TPSA) is 75.2 Å². The van der Waals surface area contributed by atoms with Crippen LogP contribution in [0.25, 0.3) is 0 Å². The summed E-state index contributed by atoms with van der Waals surface area (Å²) in [6, 6.07) is 15.1. The number of nitrogens with one attached hydrogen (secondary N) is 2. The van der Waals surface area contributed by atoms with Crippen LogP contribution in [0, 0.1) is 0 Å². The third kappa shape index (κ3) is 4.94. The number of fused-ring (bicyclic) bond motifs is 1. The summed E-state index contributed by atoms with van der Waals surface area (Å²) in [6.45, 7) is 2.26. The van der Waals surface area contributed by atoms with Crippen molar-refractivity contribution in [1.82, 2.24) is 4.90 Å². The molecule has 2 aromatic rings. The lowest BCUT2D eigenvalue weighted by Crippen LogP contribution is -2.63. The number of hydrogen-bond acceptors (Lipinski definition) is 5. The normalized spacial score (nSPS) is 21.4. The Morgan fingerprint density at radius 3 is 2.87 bits per heavy atom. The van der Waals surface area contributed by atoms with E-state index < -0.39 is 5.54 Å². The van der Waals surface area contributed by atoms with Crippen LogP contribution in [0.2, 0.25) is 5.02 Å². The number of methoxy groups -OCH3 is 1. The number of likely N-dealkylation sites (tertiary alicyclic amines) is 1. The van der Waals surface area contributed by atoms with E-state index in [9.17, 15) is 4.79 Å². The summed E-state index contributed by atoms with van der Waals surface area (Å²) in [5.41, 5.74) is 1.53. The first-order valence-electron chi connectivity index (χ1n) is 10.4. The van der Waals surface area contributed by atoms with E-state index in [0.29, 0.717) is 37.0 Å². The summed E-state index contributed by atoms with van der Waals surface area (Å²) in [7, 11) is 1.67. The molecule has 0 radical (unpaired) electrons. The highest BCUT2D eigenvalue weighted by molar-refractivity contribution is 6.30. The number of hydrogen-bond donors (Lipinski definition) is 2. The molecule has 2 N–H and O–H groups in total. The van der Waals surface area contributed by atoms with Crippen LogP contribution in [0.3, 0.4) is 0 Å². The second-order valence-electron chi connectivity index (χ2n) is 7.77. The maximum Gasteiger partial charge on any atom is 0.260 e. The van der Waals surface area contributed by atoms with Gasteiger partial charge in [-0.25, -0.2) is 0 Å². The zero-order chi connectivity index (χ0) is 21.7. The Hall–Kier alpha value is -2.77. The Kier molecular flexibility index (Phi) is 6.63. The summed E-state index contributed by atoms with van der Waals surface area (Å²) >= 11 is 6.00. The van der Waals surface area contributed by atoms with Gasteiger partial charge in [0.1, 0.15) is 17.1 Å². The Labute approximate surface area is 187 Å². The minimum atomic E-state index is -0.466. The number of ether oxygens (including phenoxy) is 2. The van der Waals surface area contributed by atoms with Gasteiger partial charge in [0.05, 0.1) is 31.1 Å². The Morgan fingerprint density at radius 1 is 1.23 bits per heavy atom. The molecule has 0 aliphatic carbocycles. The molecule has 0 aromatic heterocycles. The predicted molar refractivity (Wildman–Crippen MR) is 123 cm³/mol. The van der Waals surface area contributed by atoms with Gasteiger partial charge in [0.25, 0.3) is 5.91 Å². The molecule has 31 heavy (non-hydrogen) atoms. The molecule has 0 saturated carbocycles. The molecule has 7 nitrogen and oxygen atoms in total. The van der Waals surface area contributed by atoms with E-state index in [-0.39, 0.29) is 12.5 Å². The van der Waals surface area contributed by atoms with Crippen molar-refractivity contribution >= 4 is 34.7 Å². The fraction of sp³-hybridized carbons (Fsp3) is 0.391. The number of rotatable bonds is 6. The summed E-state index contributed by atoms with van der Waals surface area (Å²) < 4.78 is 10.9. The lowest BCUT2D eigenvalue weighted by atomic mass is 9.85. The van der Waals surface area contributed by atoms with E-state index in [1.54, 1.807) is 31.4 Å². The maximum atomic E-state index is 13.0. The lowest BCUT2D eigenvalue weighted by molar-refractivity contribution is -0.134. The number of para-hydroxylation sites is 2. The largest absolute Gasteiger partial charge is 0.484 e. The van der Waals surface area contributed by atoms with Crippen molar-refractivity contribution in [2.45, 2.75) is 18.4 Å². The van der Waals surface area contributed by atoms with Crippen LogP contribution in [0.4, 0.5) is 11.4 Å². The fourth-order valence-corrected chi connectivity index (χ4v) is 4.24. The minimum absolute atomic E-state index is 0.0312. The summed E-state index contributed by atoms with van der Waals surface area (Å²) in [4.78, 5) is 19.6. The van der Waals surface area contributed by atoms with Gasteiger partial charge in [-0.15, -0.1) is 0 Å². The monoisotopic (exact) mass is 442 g/mol. The van der Waals surface area contributed by atoms with E-state index in [0.717, 1.165) is 30.1 Å². The first-order chi connectivity index (χ1) is 15.1. The van der Waals surface area contributed by atoms with Crippen LogP contribution < -0.4 is 15.4 Å². The average molecular weight is 443 g/mol. The third-order valence-corrected chi connectivity index (χ3v) is 5.81. The van der Waals surface area contributed by atoms with Crippen molar-refractivity contribution in [2.75, 3.05) is 50.6 Å². The third-order valence-electron chi connectivity index (χ3n) is 5.58. The number of amidine groups is 1. The number of anilines is 2. The molecule has 2 aliphatic heterocycles. The van der Waals surface area contributed by atoms with Gasteiger partial charge in [-0.1, -0.05) is 29.8 Å². The van der Waals surface area contributed by atoms with Gasteiger partial charge in [-0.2, -0.15) is 0 Å². The van der Waals surface area contributed by atoms with Crippen LogP contribution in [-0.4, -0.2) is 62.1 Å². The average Bonchev–Trinajstić information content (AvgIpc) is 2.78. The number of carbonyl (C=O) groups excluding carboxylic acids is 1. The number of nitrogens with zero attached hydrogens (tertiary/aromatic N) is 2. The molecule has 2 aliphatic rings. The maximum absolute atomic E-state index is 13.0. The summed E-state index contributed by atoms with van der Waals surface area (Å²) in [6.07, 6.45) is 1.74. The van der Waals surface area contributed by atoms with Crippen LogP contribution in [0.1, 0.15) is 12.8 Å². The molecule has 1 fully saturated rings. The van der Waals surface area contributed by atoms with Gasteiger partial charge >= 0.3 is 0 Å². The molecule has 2 aromatic carbocycles. The molecule has 1 saturated heterocycles. The van der Waals surface area contributed by atoms with Crippen molar-refractivity contribution in [2.24, 2.45) is 4.99 Å². The smallest absolute Gasteiger partial charge is 0.260 e. The summed E-state index contributed by atoms with van der Waals surface area (Å²) in [5, 5.41) is 7.74.